The van der Waals surface area contributed by atoms with Crippen LogP contribution in [-0.4, -0.2) is 20.7 Å². The molecule has 4 heterocycles. The van der Waals surface area contributed by atoms with E-state index in [0.717, 1.165) is 67.2 Å². The lowest BCUT2D eigenvalue weighted by Gasteiger charge is -2.41. The van der Waals surface area contributed by atoms with Crippen LogP contribution >= 0.6 is 0 Å². The summed E-state index contributed by atoms with van der Waals surface area (Å²) in [6.45, 7) is 0. The summed E-state index contributed by atoms with van der Waals surface area (Å²) < 4.78 is 6.45. The van der Waals surface area contributed by atoms with Gasteiger partial charge in [0.25, 0.3) is 0 Å². The van der Waals surface area contributed by atoms with E-state index in [0.29, 0.717) is 17.6 Å². The second-order valence-electron chi connectivity index (χ2n) is 11.9. The predicted molar refractivity (Wildman–Crippen MR) is 192 cm³/mol. The highest BCUT2D eigenvalue weighted by molar-refractivity contribution is 6.09. The van der Waals surface area contributed by atoms with Crippen LogP contribution in [0.4, 0.5) is 28.7 Å². The Morgan fingerprint density at radius 1 is 0.583 bits per heavy atom. The largest absolute Gasteiger partial charge is 0.455 e. The Bertz CT molecular complexity index is 2500. The average Bonchev–Trinajstić information content (AvgIpc) is 3.79. The number of furan rings is 1. The fourth-order valence-electron chi connectivity index (χ4n) is 7.02. The first-order valence-corrected chi connectivity index (χ1v) is 15.9. The van der Waals surface area contributed by atoms with Crippen LogP contribution in [0.25, 0.3) is 44.7 Å². The smallest absolute Gasteiger partial charge is 0.238 e. The molecule has 0 saturated heterocycles. The van der Waals surface area contributed by atoms with Gasteiger partial charge in [-0.1, -0.05) is 97.1 Å². The van der Waals surface area contributed by atoms with Crippen molar-refractivity contribution >= 4 is 56.3 Å². The lowest BCUT2D eigenvalue weighted by Crippen LogP contribution is -2.32. The molecule has 0 N–H and O–H groups in total. The fourth-order valence-corrected chi connectivity index (χ4v) is 7.02. The van der Waals surface area contributed by atoms with Gasteiger partial charge in [-0.15, -0.1) is 0 Å². The number of para-hydroxylation sites is 6. The number of fused-ring (bicyclic) bond motifs is 6. The first kappa shape index (κ1) is 26.6. The van der Waals surface area contributed by atoms with Crippen LogP contribution in [0.15, 0.2) is 167 Å². The van der Waals surface area contributed by atoms with Crippen LogP contribution in [0.2, 0.25) is 0 Å². The summed E-state index contributed by atoms with van der Waals surface area (Å²) in [7, 11) is 0. The van der Waals surface area contributed by atoms with Crippen molar-refractivity contribution in [2.75, 3.05) is 9.80 Å². The van der Waals surface area contributed by atoms with Crippen molar-refractivity contribution in [3.05, 3.63) is 158 Å². The minimum Gasteiger partial charge on any atom is -0.455 e. The van der Waals surface area contributed by atoms with Gasteiger partial charge in [0.2, 0.25) is 5.95 Å². The second kappa shape index (κ2) is 10.5. The Kier molecular flexibility index (Phi) is 5.80. The SMILES string of the molecule is C1=CC2=NC=CC2C(N2c3ccccc3N(c3nc(-c4ccccc4)nc(-c4cccc5c4oc4ccccc45)n3)c3ccccc32)=C1. The molecule has 0 amide bonds. The molecule has 2 aromatic heterocycles. The van der Waals surface area contributed by atoms with E-state index in [1.807, 2.05) is 66.9 Å². The minimum atomic E-state index is 0.0698. The summed E-state index contributed by atoms with van der Waals surface area (Å²) in [5.41, 5.74) is 9.45. The molecule has 7 aromatic rings. The van der Waals surface area contributed by atoms with Gasteiger partial charge in [0.1, 0.15) is 11.2 Å². The fraction of sp³-hybridized carbons (Fsp3) is 0.0244. The lowest BCUT2D eigenvalue weighted by molar-refractivity contribution is 0.669. The summed E-state index contributed by atoms with van der Waals surface area (Å²) >= 11 is 0. The van der Waals surface area contributed by atoms with E-state index in [-0.39, 0.29) is 5.92 Å². The van der Waals surface area contributed by atoms with Crippen LogP contribution in [0.3, 0.4) is 0 Å². The van der Waals surface area contributed by atoms with E-state index in [1.54, 1.807) is 0 Å². The highest BCUT2D eigenvalue weighted by Gasteiger charge is 2.36. The van der Waals surface area contributed by atoms with E-state index in [2.05, 4.69) is 99.8 Å². The van der Waals surface area contributed by atoms with Crippen molar-refractivity contribution in [1.82, 2.24) is 15.0 Å². The van der Waals surface area contributed by atoms with E-state index < -0.39 is 0 Å². The molecule has 0 saturated carbocycles. The average molecular weight is 619 g/mol. The third kappa shape index (κ3) is 4.01. The topological polar surface area (TPSA) is 70.7 Å². The van der Waals surface area contributed by atoms with Gasteiger partial charge in [0.05, 0.1) is 39.9 Å². The van der Waals surface area contributed by atoms with E-state index >= 15 is 0 Å². The van der Waals surface area contributed by atoms with Crippen molar-refractivity contribution in [2.24, 2.45) is 10.9 Å². The molecule has 226 valence electrons. The van der Waals surface area contributed by atoms with Gasteiger partial charge in [-0.25, -0.2) is 4.98 Å². The highest BCUT2D eigenvalue weighted by atomic mass is 16.3. The molecule has 7 nitrogen and oxygen atoms in total. The second-order valence-corrected chi connectivity index (χ2v) is 11.9. The van der Waals surface area contributed by atoms with Gasteiger partial charge in [0.15, 0.2) is 11.6 Å². The Hall–Kier alpha value is -6.60. The van der Waals surface area contributed by atoms with Gasteiger partial charge < -0.3 is 9.32 Å². The van der Waals surface area contributed by atoms with Crippen molar-refractivity contribution in [3.8, 4) is 22.8 Å². The standard InChI is InChI=1S/C41H26N6O/c1-2-12-26(13-3-1)39-43-40(30-16-10-15-28-27-14-4-9-23-37(27)48-38(28)30)45-41(44-39)47-35-20-7-5-18-33(35)46(34-19-6-8-21-36(34)47)32-22-11-17-31-29(32)24-25-42-31/h1-25,29H. The molecule has 5 aromatic carbocycles. The monoisotopic (exact) mass is 618 g/mol. The first-order valence-electron chi connectivity index (χ1n) is 15.9. The van der Waals surface area contributed by atoms with Crippen molar-refractivity contribution in [1.29, 1.82) is 0 Å². The molecule has 7 heteroatoms. The van der Waals surface area contributed by atoms with Crippen LogP contribution < -0.4 is 9.80 Å². The maximum absolute atomic E-state index is 6.45. The number of aromatic nitrogens is 3. The minimum absolute atomic E-state index is 0.0698. The van der Waals surface area contributed by atoms with Gasteiger partial charge in [-0.2, -0.15) is 9.97 Å². The quantitative estimate of drug-likeness (QED) is 0.196. The van der Waals surface area contributed by atoms with E-state index in [9.17, 15) is 0 Å². The van der Waals surface area contributed by atoms with Crippen LogP contribution in [0, 0.1) is 5.92 Å². The molecule has 1 aliphatic carbocycles. The predicted octanol–water partition coefficient (Wildman–Crippen LogP) is 10.1. The molecule has 10 rings (SSSR count). The molecule has 1 unspecified atom stereocenters. The summed E-state index contributed by atoms with van der Waals surface area (Å²) in [5.74, 6) is 1.71. The molecule has 0 fully saturated rings. The number of allylic oxidation sites excluding steroid dienone is 4. The molecular formula is C41H26N6O. The zero-order valence-electron chi connectivity index (χ0n) is 25.6. The van der Waals surface area contributed by atoms with Gasteiger partial charge >= 0.3 is 0 Å². The number of aliphatic imine (C=N–C) groups is 1. The molecule has 2 aliphatic heterocycles. The maximum atomic E-state index is 6.45. The van der Waals surface area contributed by atoms with E-state index in [4.69, 9.17) is 19.4 Å². The van der Waals surface area contributed by atoms with Crippen molar-refractivity contribution in [2.45, 2.75) is 0 Å². The highest BCUT2D eigenvalue weighted by Crippen LogP contribution is 2.53. The zero-order valence-corrected chi connectivity index (χ0v) is 25.6. The Balaban J connectivity index is 1.21. The number of anilines is 5. The first-order chi connectivity index (χ1) is 23.8. The molecule has 0 spiro atoms. The summed E-state index contributed by atoms with van der Waals surface area (Å²) in [4.78, 5) is 24.6. The van der Waals surface area contributed by atoms with Gasteiger partial charge in [-0.05, 0) is 48.6 Å². The van der Waals surface area contributed by atoms with Crippen molar-refractivity contribution in [3.63, 3.8) is 0 Å². The summed E-state index contributed by atoms with van der Waals surface area (Å²) in [6, 6.07) is 41.1. The number of rotatable bonds is 4. The number of hydrogen-bond acceptors (Lipinski definition) is 7. The molecule has 48 heavy (non-hydrogen) atoms. The number of benzene rings is 5. The molecule has 3 aliphatic rings. The normalized spacial score (nSPS) is 16.1. The van der Waals surface area contributed by atoms with E-state index in [1.165, 1.54) is 0 Å². The zero-order chi connectivity index (χ0) is 31.6. The molecule has 0 radical (unpaired) electrons. The Morgan fingerprint density at radius 3 is 2.04 bits per heavy atom. The lowest BCUT2D eigenvalue weighted by atomic mass is 9.93. The molecule has 0 bridgehead atoms. The number of hydrogen-bond donors (Lipinski definition) is 0. The van der Waals surface area contributed by atoms with Crippen molar-refractivity contribution < 1.29 is 4.42 Å². The molecule has 1 atom stereocenters. The van der Waals surface area contributed by atoms with Gasteiger partial charge in [0, 0.05) is 28.2 Å². The number of nitrogens with zero attached hydrogens (tertiary/aromatic N) is 6. The Morgan fingerprint density at radius 2 is 1.25 bits per heavy atom. The van der Waals surface area contributed by atoms with Crippen LogP contribution in [-0.2, 0) is 0 Å². The van der Waals surface area contributed by atoms with Crippen LogP contribution in [0.1, 0.15) is 0 Å². The third-order valence-corrected chi connectivity index (χ3v) is 9.16. The maximum Gasteiger partial charge on any atom is 0.238 e. The third-order valence-electron chi connectivity index (χ3n) is 9.16. The summed E-state index contributed by atoms with van der Waals surface area (Å²) in [6.07, 6.45) is 10.4. The Labute approximate surface area is 276 Å². The van der Waals surface area contributed by atoms with Crippen LogP contribution in [0.5, 0.6) is 0 Å². The molecular weight excluding hydrogens is 592 g/mol. The van der Waals surface area contributed by atoms with Gasteiger partial charge in [-0.3, -0.25) is 9.89 Å². The summed E-state index contributed by atoms with van der Waals surface area (Å²) in [5, 5.41) is 2.08.